The molecule has 0 amide bonds. The number of aliphatic imine (C=N–C) groups is 1. The molecule has 2 heteroatoms. The molecule has 0 unspecified atom stereocenters. The first-order chi connectivity index (χ1) is 5.91. The summed E-state index contributed by atoms with van der Waals surface area (Å²) in [5.74, 6) is 0. The normalized spacial score (nSPS) is 15.5. The van der Waals surface area contributed by atoms with Gasteiger partial charge in [0.15, 0.2) is 0 Å². The van der Waals surface area contributed by atoms with Crippen molar-refractivity contribution in [2.45, 2.75) is 34.6 Å². The molecule has 0 radical (unpaired) electrons. The molecule has 0 saturated carbocycles. The molecule has 0 aliphatic carbocycles. The molecular formula is C11H20N2. The van der Waals surface area contributed by atoms with E-state index in [9.17, 15) is 0 Å². The highest BCUT2D eigenvalue weighted by Gasteiger charge is 2.12. The van der Waals surface area contributed by atoms with E-state index in [1.54, 1.807) is 0 Å². The Hall–Kier alpha value is -1.05. The molecule has 0 aromatic heterocycles. The summed E-state index contributed by atoms with van der Waals surface area (Å²) in [7, 11) is 0. The van der Waals surface area contributed by atoms with Gasteiger partial charge in [0.25, 0.3) is 0 Å². The number of hydrogen-bond acceptors (Lipinski definition) is 1. The highest BCUT2D eigenvalue weighted by atomic mass is 14.8. The van der Waals surface area contributed by atoms with E-state index in [-0.39, 0.29) is 5.41 Å². The average Bonchev–Trinajstić information content (AvgIpc) is 2.01. The minimum absolute atomic E-state index is 0.193. The van der Waals surface area contributed by atoms with Crippen molar-refractivity contribution >= 4 is 6.34 Å². The Kier molecular flexibility index (Phi) is 4.46. The molecule has 0 aliphatic heterocycles. The Labute approximate surface area is 81.2 Å². The molecule has 2 N–H and O–H groups in total. The molecule has 0 heterocycles. The standard InChI is InChI=1S/C11H20N2/c1-6-10(13-8-12)7-9(2)11(3,4)5/h6-8H,1-5H3,(H2,12,13)/b9-7?,10-6+. The van der Waals surface area contributed by atoms with Crippen molar-refractivity contribution in [3.63, 3.8) is 0 Å². The molecule has 0 atom stereocenters. The maximum Gasteiger partial charge on any atom is 0.0860 e. The van der Waals surface area contributed by atoms with Gasteiger partial charge >= 0.3 is 0 Å². The number of hydrogen-bond donors (Lipinski definition) is 1. The van der Waals surface area contributed by atoms with Crippen LogP contribution in [0.5, 0.6) is 0 Å². The van der Waals surface area contributed by atoms with Crippen molar-refractivity contribution in [1.82, 2.24) is 0 Å². The Balaban J connectivity index is 4.73. The summed E-state index contributed by atoms with van der Waals surface area (Å²) >= 11 is 0. The molecule has 0 aromatic rings. The quantitative estimate of drug-likeness (QED) is 0.396. The van der Waals surface area contributed by atoms with E-state index in [1.807, 2.05) is 13.0 Å². The Morgan fingerprint density at radius 1 is 1.31 bits per heavy atom. The molecule has 0 rings (SSSR count). The van der Waals surface area contributed by atoms with Crippen molar-refractivity contribution in [1.29, 1.82) is 0 Å². The molecule has 0 aromatic carbocycles. The zero-order valence-corrected chi connectivity index (χ0v) is 9.26. The Morgan fingerprint density at radius 3 is 2.15 bits per heavy atom. The second-order valence-corrected chi connectivity index (χ2v) is 4.07. The van der Waals surface area contributed by atoms with Crippen LogP contribution in [-0.4, -0.2) is 6.34 Å². The van der Waals surface area contributed by atoms with Crippen LogP contribution in [0.2, 0.25) is 0 Å². The summed E-state index contributed by atoms with van der Waals surface area (Å²) in [6.45, 7) is 10.6. The Morgan fingerprint density at radius 2 is 1.85 bits per heavy atom. The minimum atomic E-state index is 0.193. The van der Waals surface area contributed by atoms with Gasteiger partial charge in [-0.1, -0.05) is 32.4 Å². The van der Waals surface area contributed by atoms with E-state index in [4.69, 9.17) is 5.73 Å². The van der Waals surface area contributed by atoms with Crippen molar-refractivity contribution in [3.05, 3.63) is 23.4 Å². The van der Waals surface area contributed by atoms with E-state index in [0.29, 0.717) is 0 Å². The van der Waals surface area contributed by atoms with Gasteiger partial charge in [0.2, 0.25) is 0 Å². The molecule has 0 aliphatic rings. The first-order valence-corrected chi connectivity index (χ1v) is 4.51. The van der Waals surface area contributed by atoms with Crippen LogP contribution in [0, 0.1) is 5.41 Å². The Bertz CT molecular complexity index is 239. The number of nitrogens with zero attached hydrogens (tertiary/aromatic N) is 1. The van der Waals surface area contributed by atoms with Gasteiger partial charge in [0.05, 0.1) is 12.0 Å². The number of nitrogens with two attached hydrogens (primary N) is 1. The van der Waals surface area contributed by atoms with E-state index in [1.165, 1.54) is 11.9 Å². The summed E-state index contributed by atoms with van der Waals surface area (Å²) in [4.78, 5) is 4.03. The van der Waals surface area contributed by atoms with E-state index >= 15 is 0 Å². The van der Waals surface area contributed by atoms with Crippen molar-refractivity contribution in [2.24, 2.45) is 16.1 Å². The number of allylic oxidation sites excluding steroid dienone is 3. The first kappa shape index (κ1) is 11.9. The minimum Gasteiger partial charge on any atom is -0.390 e. The van der Waals surface area contributed by atoms with Gasteiger partial charge in [-0.3, -0.25) is 0 Å². The van der Waals surface area contributed by atoms with Crippen LogP contribution in [0.4, 0.5) is 0 Å². The fourth-order valence-corrected chi connectivity index (χ4v) is 0.720. The molecule has 0 fully saturated rings. The smallest absolute Gasteiger partial charge is 0.0860 e. The van der Waals surface area contributed by atoms with Crippen molar-refractivity contribution < 1.29 is 0 Å². The molecule has 0 spiro atoms. The molecule has 0 bridgehead atoms. The predicted octanol–water partition coefficient (Wildman–Crippen LogP) is 2.87. The van der Waals surface area contributed by atoms with Gasteiger partial charge in [0, 0.05) is 0 Å². The van der Waals surface area contributed by atoms with E-state index < -0.39 is 0 Å². The fourth-order valence-electron chi connectivity index (χ4n) is 0.720. The van der Waals surface area contributed by atoms with Gasteiger partial charge in [-0.2, -0.15) is 0 Å². The lowest BCUT2D eigenvalue weighted by atomic mass is 9.87. The summed E-state index contributed by atoms with van der Waals surface area (Å²) < 4.78 is 0. The van der Waals surface area contributed by atoms with Crippen molar-refractivity contribution in [3.8, 4) is 0 Å². The second-order valence-electron chi connectivity index (χ2n) is 4.07. The van der Waals surface area contributed by atoms with Gasteiger partial charge in [0.1, 0.15) is 0 Å². The van der Waals surface area contributed by atoms with Gasteiger partial charge in [-0.15, -0.1) is 0 Å². The largest absolute Gasteiger partial charge is 0.390 e. The highest BCUT2D eigenvalue weighted by molar-refractivity contribution is 5.54. The average molecular weight is 180 g/mol. The lowest BCUT2D eigenvalue weighted by Crippen LogP contribution is -2.06. The van der Waals surface area contributed by atoms with Crippen LogP contribution >= 0.6 is 0 Å². The number of rotatable bonds is 2. The van der Waals surface area contributed by atoms with Crippen LogP contribution in [0.1, 0.15) is 34.6 Å². The third-order valence-electron chi connectivity index (χ3n) is 2.07. The zero-order valence-electron chi connectivity index (χ0n) is 9.26. The van der Waals surface area contributed by atoms with Gasteiger partial charge < -0.3 is 5.73 Å². The predicted molar refractivity (Wildman–Crippen MR) is 59.6 cm³/mol. The summed E-state index contributed by atoms with van der Waals surface area (Å²) in [5, 5.41) is 0. The first-order valence-electron chi connectivity index (χ1n) is 4.51. The molecule has 13 heavy (non-hydrogen) atoms. The summed E-state index contributed by atoms with van der Waals surface area (Å²) in [6, 6.07) is 0. The van der Waals surface area contributed by atoms with Gasteiger partial charge in [-0.05, 0) is 25.3 Å². The third-order valence-corrected chi connectivity index (χ3v) is 2.07. The van der Waals surface area contributed by atoms with Crippen molar-refractivity contribution in [2.75, 3.05) is 0 Å². The molecule has 74 valence electrons. The molecule has 0 saturated heterocycles. The van der Waals surface area contributed by atoms with Crippen LogP contribution in [0.15, 0.2) is 28.4 Å². The van der Waals surface area contributed by atoms with E-state index in [0.717, 1.165) is 5.70 Å². The SMILES string of the molecule is C/C=C(\C=C(C)C(C)(C)C)N=CN. The second kappa shape index (κ2) is 4.85. The lowest BCUT2D eigenvalue weighted by Gasteiger charge is -2.19. The van der Waals surface area contributed by atoms with Crippen LogP contribution in [0.3, 0.4) is 0 Å². The topological polar surface area (TPSA) is 38.4 Å². The molecule has 2 nitrogen and oxygen atoms in total. The van der Waals surface area contributed by atoms with Crippen LogP contribution in [-0.2, 0) is 0 Å². The fraction of sp³-hybridized carbons (Fsp3) is 0.545. The maximum atomic E-state index is 5.23. The van der Waals surface area contributed by atoms with Crippen LogP contribution < -0.4 is 5.73 Å². The highest BCUT2D eigenvalue weighted by Crippen LogP contribution is 2.25. The maximum absolute atomic E-state index is 5.23. The van der Waals surface area contributed by atoms with E-state index in [2.05, 4.69) is 38.8 Å². The monoisotopic (exact) mass is 180 g/mol. The van der Waals surface area contributed by atoms with Gasteiger partial charge in [-0.25, -0.2) is 4.99 Å². The lowest BCUT2D eigenvalue weighted by molar-refractivity contribution is 0.503. The molecular weight excluding hydrogens is 160 g/mol. The summed E-state index contributed by atoms with van der Waals surface area (Å²) in [5.41, 5.74) is 7.63. The van der Waals surface area contributed by atoms with Crippen LogP contribution in [0.25, 0.3) is 0 Å². The summed E-state index contributed by atoms with van der Waals surface area (Å²) in [6.07, 6.45) is 5.32. The zero-order chi connectivity index (χ0) is 10.5. The third kappa shape index (κ3) is 4.51.